The van der Waals surface area contributed by atoms with Crippen LogP contribution in [0.15, 0.2) is 23.3 Å². The van der Waals surface area contributed by atoms with E-state index < -0.39 is 0 Å². The molecule has 7 nitrogen and oxygen atoms in total. The van der Waals surface area contributed by atoms with Crippen LogP contribution in [0.25, 0.3) is 0 Å². The van der Waals surface area contributed by atoms with Gasteiger partial charge in [-0.1, -0.05) is 6.92 Å². The van der Waals surface area contributed by atoms with Gasteiger partial charge in [-0.25, -0.2) is 14.8 Å². The van der Waals surface area contributed by atoms with Gasteiger partial charge in [0, 0.05) is 44.5 Å². The summed E-state index contributed by atoms with van der Waals surface area (Å²) in [5.74, 6) is 1.00. The molecule has 3 rings (SSSR count). The lowest BCUT2D eigenvalue weighted by Crippen LogP contribution is -2.53. The van der Waals surface area contributed by atoms with E-state index in [1.807, 2.05) is 34.3 Å². The number of amides is 2. The molecule has 0 aromatic carbocycles. The molecule has 0 spiro atoms. The van der Waals surface area contributed by atoms with Crippen LogP contribution >= 0.6 is 11.3 Å². The lowest BCUT2D eigenvalue weighted by Gasteiger charge is -2.40. The van der Waals surface area contributed by atoms with Gasteiger partial charge in [-0.3, -0.25) is 4.90 Å². The molecule has 1 aliphatic heterocycles. The number of piperazine rings is 1. The lowest BCUT2D eigenvalue weighted by molar-refractivity contribution is 0.0877. The molecule has 0 aliphatic carbocycles. The van der Waals surface area contributed by atoms with E-state index in [4.69, 9.17) is 0 Å². The summed E-state index contributed by atoms with van der Waals surface area (Å²) in [4.78, 5) is 25.3. The highest BCUT2D eigenvalue weighted by atomic mass is 32.1. The number of thiazole rings is 1. The number of urea groups is 1. The molecule has 1 saturated heterocycles. The quantitative estimate of drug-likeness (QED) is 0.919. The van der Waals surface area contributed by atoms with Crippen LogP contribution in [0.3, 0.4) is 0 Å². The SMILES string of the molecule is CCN1CCN(C(=O)NCc2cscn2)C[C@@H]1c1nccn1C. The number of imidazole rings is 1. The van der Waals surface area contributed by atoms with Crippen LogP contribution in [0.4, 0.5) is 4.79 Å². The zero-order valence-corrected chi connectivity index (χ0v) is 14.3. The van der Waals surface area contributed by atoms with Crippen molar-refractivity contribution in [3.63, 3.8) is 0 Å². The van der Waals surface area contributed by atoms with Gasteiger partial charge in [0.25, 0.3) is 0 Å². The lowest BCUT2D eigenvalue weighted by atomic mass is 10.1. The molecule has 1 fully saturated rings. The molecular weight excluding hydrogens is 312 g/mol. The summed E-state index contributed by atoms with van der Waals surface area (Å²) in [5, 5.41) is 4.90. The predicted octanol–water partition coefficient (Wildman–Crippen LogP) is 1.46. The highest BCUT2D eigenvalue weighted by Crippen LogP contribution is 2.23. The van der Waals surface area contributed by atoms with Crippen molar-refractivity contribution in [2.75, 3.05) is 26.2 Å². The number of nitrogens with one attached hydrogen (secondary N) is 1. The third-order valence-corrected chi connectivity index (χ3v) is 4.88. The first kappa shape index (κ1) is 15.9. The van der Waals surface area contributed by atoms with Crippen LogP contribution in [0.1, 0.15) is 24.5 Å². The molecule has 0 bridgehead atoms. The number of rotatable bonds is 4. The summed E-state index contributed by atoms with van der Waals surface area (Å²) >= 11 is 1.54. The van der Waals surface area contributed by atoms with Gasteiger partial charge in [0.2, 0.25) is 0 Å². The number of likely N-dealkylation sites (N-methyl/N-ethyl adjacent to an activating group) is 1. The molecule has 3 heterocycles. The Morgan fingerprint density at radius 3 is 2.96 bits per heavy atom. The van der Waals surface area contributed by atoms with E-state index in [0.29, 0.717) is 13.1 Å². The van der Waals surface area contributed by atoms with Crippen LogP contribution in [0.2, 0.25) is 0 Å². The molecule has 2 amide bonds. The maximum Gasteiger partial charge on any atom is 0.317 e. The Morgan fingerprint density at radius 2 is 2.30 bits per heavy atom. The van der Waals surface area contributed by atoms with Gasteiger partial charge >= 0.3 is 6.03 Å². The summed E-state index contributed by atoms with van der Waals surface area (Å²) < 4.78 is 2.03. The molecule has 1 atom stereocenters. The van der Waals surface area contributed by atoms with Crippen molar-refractivity contribution in [2.45, 2.75) is 19.5 Å². The summed E-state index contributed by atoms with van der Waals surface area (Å²) in [7, 11) is 2.00. The van der Waals surface area contributed by atoms with Crippen molar-refractivity contribution in [1.29, 1.82) is 0 Å². The fourth-order valence-corrected chi connectivity index (χ4v) is 3.49. The molecule has 2 aromatic heterocycles. The molecule has 1 N–H and O–H groups in total. The van der Waals surface area contributed by atoms with Gasteiger partial charge in [-0.05, 0) is 6.54 Å². The zero-order chi connectivity index (χ0) is 16.2. The monoisotopic (exact) mass is 334 g/mol. The van der Waals surface area contributed by atoms with E-state index in [2.05, 4.69) is 27.1 Å². The smallest absolute Gasteiger partial charge is 0.317 e. The second kappa shape index (κ2) is 7.10. The molecule has 1 aliphatic rings. The first-order valence-corrected chi connectivity index (χ1v) is 8.74. The third kappa shape index (κ3) is 3.53. The largest absolute Gasteiger partial charge is 0.337 e. The summed E-state index contributed by atoms with van der Waals surface area (Å²) in [5.41, 5.74) is 2.68. The van der Waals surface area contributed by atoms with Crippen molar-refractivity contribution >= 4 is 17.4 Å². The number of hydrogen-bond donors (Lipinski definition) is 1. The Kier molecular flexibility index (Phi) is 4.92. The minimum absolute atomic E-state index is 0.0343. The summed E-state index contributed by atoms with van der Waals surface area (Å²) in [6.07, 6.45) is 3.76. The fourth-order valence-electron chi connectivity index (χ4n) is 2.93. The number of aromatic nitrogens is 3. The van der Waals surface area contributed by atoms with E-state index in [1.165, 1.54) is 11.3 Å². The van der Waals surface area contributed by atoms with E-state index in [0.717, 1.165) is 31.2 Å². The molecule has 0 unspecified atom stereocenters. The average molecular weight is 334 g/mol. The molecule has 23 heavy (non-hydrogen) atoms. The second-order valence-corrected chi connectivity index (χ2v) is 6.34. The van der Waals surface area contributed by atoms with Crippen molar-refractivity contribution in [1.82, 2.24) is 29.7 Å². The van der Waals surface area contributed by atoms with Crippen LogP contribution in [0.5, 0.6) is 0 Å². The normalized spacial score (nSPS) is 19.0. The molecule has 2 aromatic rings. The predicted molar refractivity (Wildman–Crippen MR) is 89.1 cm³/mol. The van der Waals surface area contributed by atoms with Crippen LogP contribution in [-0.4, -0.2) is 56.5 Å². The van der Waals surface area contributed by atoms with Gasteiger partial charge in [0.1, 0.15) is 5.82 Å². The Hall–Kier alpha value is -1.93. The maximum absolute atomic E-state index is 12.4. The molecular formula is C15H22N6OS. The van der Waals surface area contributed by atoms with Crippen molar-refractivity contribution < 1.29 is 4.79 Å². The number of nitrogens with zero attached hydrogens (tertiary/aromatic N) is 5. The van der Waals surface area contributed by atoms with E-state index >= 15 is 0 Å². The van der Waals surface area contributed by atoms with Gasteiger partial charge in [-0.2, -0.15) is 0 Å². The average Bonchev–Trinajstić information content (AvgIpc) is 3.23. The van der Waals surface area contributed by atoms with Crippen molar-refractivity contribution in [3.8, 4) is 0 Å². The van der Waals surface area contributed by atoms with E-state index in [-0.39, 0.29) is 12.1 Å². The Morgan fingerprint density at radius 1 is 1.43 bits per heavy atom. The van der Waals surface area contributed by atoms with Gasteiger partial charge in [0.05, 0.1) is 23.8 Å². The fraction of sp³-hybridized carbons (Fsp3) is 0.533. The first-order valence-electron chi connectivity index (χ1n) is 7.80. The first-order chi connectivity index (χ1) is 11.2. The second-order valence-electron chi connectivity index (χ2n) is 5.63. The topological polar surface area (TPSA) is 66.3 Å². The molecule has 8 heteroatoms. The highest BCUT2D eigenvalue weighted by molar-refractivity contribution is 7.07. The standard InChI is InChI=1S/C15H22N6OS/c1-3-20-6-7-21(9-13(20)14-16-4-5-19(14)2)15(22)17-8-12-10-23-11-18-12/h4-5,10-11,13H,3,6-9H2,1-2H3,(H,17,22)/t13-/m1/s1. The Balaban J connectivity index is 1.65. The Labute approximate surface area is 139 Å². The van der Waals surface area contributed by atoms with Crippen molar-refractivity contribution in [3.05, 3.63) is 34.8 Å². The number of carbonyl (C=O) groups excluding carboxylic acids is 1. The number of carbonyl (C=O) groups is 1. The Bertz CT molecular complexity index is 640. The van der Waals surface area contributed by atoms with Crippen molar-refractivity contribution in [2.24, 2.45) is 7.05 Å². The van der Waals surface area contributed by atoms with Crippen LogP contribution in [0, 0.1) is 0 Å². The van der Waals surface area contributed by atoms with Gasteiger partial charge in [0.15, 0.2) is 0 Å². The van der Waals surface area contributed by atoms with Crippen LogP contribution in [-0.2, 0) is 13.6 Å². The molecule has 124 valence electrons. The van der Waals surface area contributed by atoms with Gasteiger partial charge in [-0.15, -0.1) is 11.3 Å². The third-order valence-electron chi connectivity index (χ3n) is 4.25. The molecule has 0 radical (unpaired) electrons. The number of aryl methyl sites for hydroxylation is 1. The highest BCUT2D eigenvalue weighted by Gasteiger charge is 2.31. The van der Waals surface area contributed by atoms with E-state index in [9.17, 15) is 4.79 Å². The van der Waals surface area contributed by atoms with E-state index in [1.54, 1.807) is 5.51 Å². The zero-order valence-electron chi connectivity index (χ0n) is 13.5. The number of hydrogen-bond acceptors (Lipinski definition) is 5. The minimum Gasteiger partial charge on any atom is -0.337 e. The molecule has 0 saturated carbocycles. The van der Waals surface area contributed by atoms with Gasteiger partial charge < -0.3 is 14.8 Å². The summed E-state index contributed by atoms with van der Waals surface area (Å²) in [6, 6.07) is 0.103. The summed E-state index contributed by atoms with van der Waals surface area (Å²) in [6.45, 7) is 5.82. The minimum atomic E-state index is -0.0343. The van der Waals surface area contributed by atoms with Crippen LogP contribution < -0.4 is 5.32 Å². The maximum atomic E-state index is 12.4.